The molecular formula is C18H17N3O. The average molecular weight is 291 g/mol. The topological polar surface area (TPSA) is 38.1 Å². The summed E-state index contributed by atoms with van der Waals surface area (Å²) in [6, 6.07) is 19.6. The molecule has 2 aromatic carbocycles. The monoisotopic (exact) mass is 291 g/mol. The largest absolute Gasteiger partial charge is 0.345 e. The van der Waals surface area contributed by atoms with Gasteiger partial charge >= 0.3 is 0 Å². The lowest BCUT2D eigenvalue weighted by Gasteiger charge is -2.09. The third kappa shape index (κ3) is 2.63. The van der Waals surface area contributed by atoms with Gasteiger partial charge in [-0.3, -0.25) is 4.79 Å². The van der Waals surface area contributed by atoms with Gasteiger partial charge in [0.1, 0.15) is 5.69 Å². The molecule has 110 valence electrons. The first-order chi connectivity index (χ1) is 10.7. The van der Waals surface area contributed by atoms with Crippen molar-refractivity contribution in [3.05, 3.63) is 72.4 Å². The molecule has 4 heteroatoms. The van der Waals surface area contributed by atoms with Crippen molar-refractivity contribution in [1.29, 1.82) is 0 Å². The lowest BCUT2D eigenvalue weighted by Crippen LogP contribution is -2.21. The third-order valence-electron chi connectivity index (χ3n) is 3.42. The molecule has 3 rings (SSSR count). The van der Waals surface area contributed by atoms with Crippen LogP contribution in [0.1, 0.15) is 10.4 Å². The first-order valence-electron chi connectivity index (χ1n) is 7.09. The van der Waals surface area contributed by atoms with Crippen molar-refractivity contribution in [3.63, 3.8) is 0 Å². The molecule has 0 aliphatic rings. The second kappa shape index (κ2) is 5.85. The summed E-state index contributed by atoms with van der Waals surface area (Å²) in [6.45, 7) is 0. The van der Waals surface area contributed by atoms with Gasteiger partial charge in [-0.15, -0.1) is 0 Å². The zero-order chi connectivity index (χ0) is 15.5. The van der Waals surface area contributed by atoms with Crippen LogP contribution in [0.5, 0.6) is 0 Å². The second-order valence-electron chi connectivity index (χ2n) is 5.24. The Hall–Kier alpha value is -2.88. The molecule has 0 fully saturated rings. The lowest BCUT2D eigenvalue weighted by atomic mass is 10.1. The number of amides is 1. The maximum Gasteiger partial charge on any atom is 0.257 e. The van der Waals surface area contributed by atoms with Crippen LogP contribution in [0.15, 0.2) is 66.9 Å². The van der Waals surface area contributed by atoms with E-state index in [-0.39, 0.29) is 5.91 Å². The van der Waals surface area contributed by atoms with Gasteiger partial charge in [0.2, 0.25) is 0 Å². The SMILES string of the molecule is CN(C)C(=O)c1cn(-c2ccccc2)nc1-c1ccccc1. The van der Waals surface area contributed by atoms with Gasteiger partial charge in [-0.1, -0.05) is 48.5 Å². The second-order valence-corrected chi connectivity index (χ2v) is 5.24. The van der Waals surface area contributed by atoms with E-state index in [4.69, 9.17) is 0 Å². The molecule has 3 aromatic rings. The summed E-state index contributed by atoms with van der Waals surface area (Å²) in [6.07, 6.45) is 1.79. The number of carbonyl (C=O) groups is 1. The van der Waals surface area contributed by atoms with E-state index in [2.05, 4.69) is 5.10 Å². The standard InChI is InChI=1S/C18H17N3O/c1-20(2)18(22)16-13-21(15-11-7-4-8-12-15)19-17(16)14-9-5-3-6-10-14/h3-13H,1-2H3. The van der Waals surface area contributed by atoms with Crippen molar-refractivity contribution in [3.8, 4) is 16.9 Å². The molecule has 4 nitrogen and oxygen atoms in total. The minimum atomic E-state index is -0.0546. The van der Waals surface area contributed by atoms with Crippen molar-refractivity contribution in [2.45, 2.75) is 0 Å². The Kier molecular flexibility index (Phi) is 3.74. The van der Waals surface area contributed by atoms with Crippen LogP contribution < -0.4 is 0 Å². The summed E-state index contributed by atoms with van der Waals surface area (Å²) in [7, 11) is 3.49. The van der Waals surface area contributed by atoms with Gasteiger partial charge in [-0.2, -0.15) is 5.10 Å². The number of carbonyl (C=O) groups excluding carboxylic acids is 1. The Balaban J connectivity index is 2.15. The Morgan fingerprint density at radius 1 is 0.955 bits per heavy atom. The van der Waals surface area contributed by atoms with Crippen molar-refractivity contribution < 1.29 is 4.79 Å². The van der Waals surface area contributed by atoms with Crippen LogP contribution in [0.2, 0.25) is 0 Å². The highest BCUT2D eigenvalue weighted by molar-refractivity contribution is 5.99. The molecule has 1 aromatic heterocycles. The van der Waals surface area contributed by atoms with Crippen molar-refractivity contribution in [2.24, 2.45) is 0 Å². The summed E-state index contributed by atoms with van der Waals surface area (Å²) < 4.78 is 1.75. The zero-order valence-corrected chi connectivity index (χ0v) is 12.6. The first-order valence-corrected chi connectivity index (χ1v) is 7.09. The highest BCUT2D eigenvalue weighted by atomic mass is 16.2. The molecule has 0 spiro atoms. The van der Waals surface area contributed by atoms with Crippen LogP contribution in [-0.2, 0) is 0 Å². The number of para-hydroxylation sites is 1. The maximum atomic E-state index is 12.5. The van der Waals surface area contributed by atoms with E-state index in [0.29, 0.717) is 11.3 Å². The molecule has 0 aliphatic carbocycles. The first kappa shape index (κ1) is 14.1. The summed E-state index contributed by atoms with van der Waals surface area (Å²) in [4.78, 5) is 14.0. The number of nitrogens with zero attached hydrogens (tertiary/aromatic N) is 3. The molecule has 0 aliphatic heterocycles. The summed E-state index contributed by atoms with van der Waals surface area (Å²) in [5, 5.41) is 4.62. The lowest BCUT2D eigenvalue weighted by molar-refractivity contribution is 0.0828. The maximum absolute atomic E-state index is 12.5. The molecule has 0 saturated heterocycles. The molecule has 0 atom stereocenters. The quantitative estimate of drug-likeness (QED) is 0.743. The number of rotatable bonds is 3. The van der Waals surface area contributed by atoms with Crippen LogP contribution in [0.4, 0.5) is 0 Å². The molecule has 0 radical (unpaired) electrons. The van der Waals surface area contributed by atoms with Crippen LogP contribution in [0.25, 0.3) is 16.9 Å². The van der Waals surface area contributed by atoms with E-state index in [9.17, 15) is 4.79 Å². The molecule has 0 bridgehead atoms. The minimum absolute atomic E-state index is 0.0546. The summed E-state index contributed by atoms with van der Waals surface area (Å²) >= 11 is 0. The molecule has 0 unspecified atom stereocenters. The van der Waals surface area contributed by atoms with Crippen LogP contribution in [-0.4, -0.2) is 34.7 Å². The minimum Gasteiger partial charge on any atom is -0.345 e. The van der Waals surface area contributed by atoms with Crippen LogP contribution in [0.3, 0.4) is 0 Å². The fraction of sp³-hybridized carbons (Fsp3) is 0.111. The fourth-order valence-electron chi connectivity index (χ4n) is 2.29. The highest BCUT2D eigenvalue weighted by Crippen LogP contribution is 2.24. The zero-order valence-electron chi connectivity index (χ0n) is 12.6. The van der Waals surface area contributed by atoms with Gasteiger partial charge in [-0.05, 0) is 12.1 Å². The van der Waals surface area contributed by atoms with Crippen molar-refractivity contribution in [1.82, 2.24) is 14.7 Å². The number of hydrogen-bond acceptors (Lipinski definition) is 2. The third-order valence-corrected chi connectivity index (χ3v) is 3.42. The van der Waals surface area contributed by atoms with Gasteiger partial charge in [0.25, 0.3) is 5.91 Å². The predicted molar refractivity (Wildman–Crippen MR) is 87.0 cm³/mol. The Morgan fingerprint density at radius 2 is 1.55 bits per heavy atom. The Morgan fingerprint density at radius 3 is 2.14 bits per heavy atom. The molecule has 1 heterocycles. The van der Waals surface area contributed by atoms with E-state index in [0.717, 1.165) is 11.3 Å². The predicted octanol–water partition coefficient (Wildman–Crippen LogP) is 3.24. The van der Waals surface area contributed by atoms with Gasteiger partial charge < -0.3 is 4.90 Å². The molecule has 1 amide bonds. The van der Waals surface area contributed by atoms with Gasteiger partial charge in [0.05, 0.1) is 11.3 Å². The average Bonchev–Trinajstić information content (AvgIpc) is 3.01. The van der Waals surface area contributed by atoms with Crippen LogP contribution >= 0.6 is 0 Å². The fourth-order valence-corrected chi connectivity index (χ4v) is 2.29. The number of aromatic nitrogens is 2. The van der Waals surface area contributed by atoms with Gasteiger partial charge in [-0.25, -0.2) is 4.68 Å². The van der Waals surface area contributed by atoms with E-state index >= 15 is 0 Å². The number of benzene rings is 2. The van der Waals surface area contributed by atoms with Gasteiger partial charge in [0.15, 0.2) is 0 Å². The molecular weight excluding hydrogens is 274 g/mol. The van der Waals surface area contributed by atoms with Crippen molar-refractivity contribution >= 4 is 5.91 Å². The van der Waals surface area contributed by atoms with E-state index < -0.39 is 0 Å². The van der Waals surface area contributed by atoms with E-state index in [1.165, 1.54) is 0 Å². The van der Waals surface area contributed by atoms with Crippen molar-refractivity contribution in [2.75, 3.05) is 14.1 Å². The molecule has 0 N–H and O–H groups in total. The van der Waals surface area contributed by atoms with E-state index in [1.54, 1.807) is 29.9 Å². The summed E-state index contributed by atoms with van der Waals surface area (Å²) in [5.74, 6) is -0.0546. The van der Waals surface area contributed by atoms with Gasteiger partial charge in [0, 0.05) is 25.9 Å². The van der Waals surface area contributed by atoms with E-state index in [1.807, 2.05) is 60.7 Å². The Labute approximate surface area is 129 Å². The molecule has 0 saturated carbocycles. The molecule has 22 heavy (non-hydrogen) atoms. The number of hydrogen-bond donors (Lipinski definition) is 0. The smallest absolute Gasteiger partial charge is 0.257 e. The normalized spacial score (nSPS) is 10.5. The summed E-state index contributed by atoms with van der Waals surface area (Å²) in [5.41, 5.74) is 3.16. The highest BCUT2D eigenvalue weighted by Gasteiger charge is 2.19. The Bertz CT molecular complexity index is 777. The van der Waals surface area contributed by atoms with Crippen LogP contribution in [0, 0.1) is 0 Å².